The van der Waals surface area contributed by atoms with Crippen molar-refractivity contribution in [2.24, 2.45) is 5.73 Å². The van der Waals surface area contributed by atoms with E-state index in [-0.39, 0.29) is 5.54 Å². The van der Waals surface area contributed by atoms with Crippen LogP contribution in [0.5, 0.6) is 0 Å². The van der Waals surface area contributed by atoms with E-state index in [0.29, 0.717) is 5.75 Å². The van der Waals surface area contributed by atoms with Gasteiger partial charge in [0.15, 0.2) is 0 Å². The highest BCUT2D eigenvalue weighted by molar-refractivity contribution is 7.80. The molecule has 0 aromatic carbocycles. The number of hydroxylamine groups is 1. The smallest absolute Gasteiger partial charge is 0.344 e. The number of thiol groups is 1. The van der Waals surface area contributed by atoms with Gasteiger partial charge in [-0.05, 0) is 27.7 Å². The number of carbonyl (C=O) groups is 1. The first-order chi connectivity index (χ1) is 5.69. The zero-order valence-corrected chi connectivity index (χ0v) is 9.44. The Kier molecular flexibility index (Phi) is 4.22. The van der Waals surface area contributed by atoms with Crippen LogP contribution in [0, 0.1) is 0 Å². The lowest BCUT2D eigenvalue weighted by Crippen LogP contribution is -2.49. The molecule has 0 rings (SSSR count). The van der Waals surface area contributed by atoms with Crippen LogP contribution in [-0.4, -0.2) is 22.8 Å². The van der Waals surface area contributed by atoms with Crippen LogP contribution in [0.4, 0.5) is 0 Å². The van der Waals surface area contributed by atoms with E-state index in [1.807, 2.05) is 13.8 Å². The molecule has 78 valence electrons. The molecule has 0 spiro atoms. The fourth-order valence-electron chi connectivity index (χ4n) is 0.348. The second kappa shape index (κ2) is 4.30. The molecule has 5 heteroatoms. The molecule has 0 saturated carbocycles. The molecule has 0 radical (unpaired) electrons. The van der Waals surface area contributed by atoms with Crippen LogP contribution in [0.1, 0.15) is 27.7 Å². The fraction of sp³-hybridized carbons (Fsp3) is 0.875. The van der Waals surface area contributed by atoms with Gasteiger partial charge in [-0.3, -0.25) is 0 Å². The average molecular weight is 206 g/mol. The Hall–Kier alpha value is -0.260. The zero-order valence-electron chi connectivity index (χ0n) is 8.55. The van der Waals surface area contributed by atoms with Crippen molar-refractivity contribution >= 4 is 18.6 Å². The van der Waals surface area contributed by atoms with E-state index >= 15 is 0 Å². The van der Waals surface area contributed by atoms with Gasteiger partial charge in [-0.25, -0.2) is 4.79 Å². The summed E-state index contributed by atoms with van der Waals surface area (Å²) in [5.41, 5.74) is 6.81. The molecule has 0 atom stereocenters. The van der Waals surface area contributed by atoms with Crippen molar-refractivity contribution in [1.29, 1.82) is 0 Å². The second-order valence-electron chi connectivity index (χ2n) is 4.26. The Bertz CT molecular complexity index is 187. The minimum atomic E-state index is -0.973. The third-order valence-corrected chi connectivity index (χ3v) is 2.13. The van der Waals surface area contributed by atoms with E-state index in [1.54, 1.807) is 13.8 Å². The summed E-state index contributed by atoms with van der Waals surface area (Å²) >= 11 is 4.09. The Morgan fingerprint density at radius 2 is 1.92 bits per heavy atom. The molecule has 0 aliphatic heterocycles. The molecule has 0 bridgehead atoms. The SMILES string of the molecule is CC(C)(CS)NOC(=O)C(C)(C)N. The van der Waals surface area contributed by atoms with Crippen LogP contribution in [0.25, 0.3) is 0 Å². The molecule has 0 aromatic heterocycles. The normalized spacial score (nSPS) is 12.8. The average Bonchev–Trinajstić information content (AvgIpc) is 1.98. The van der Waals surface area contributed by atoms with Crippen LogP contribution < -0.4 is 11.2 Å². The van der Waals surface area contributed by atoms with Gasteiger partial charge in [-0.15, -0.1) is 5.48 Å². The molecule has 0 saturated heterocycles. The highest BCUT2D eigenvalue weighted by Gasteiger charge is 2.26. The van der Waals surface area contributed by atoms with E-state index in [9.17, 15) is 4.79 Å². The van der Waals surface area contributed by atoms with Crippen molar-refractivity contribution in [2.45, 2.75) is 38.8 Å². The molecular weight excluding hydrogens is 188 g/mol. The minimum absolute atomic E-state index is 0.343. The van der Waals surface area contributed by atoms with Gasteiger partial charge in [-0.2, -0.15) is 12.6 Å². The number of rotatable bonds is 4. The number of hydrogen-bond donors (Lipinski definition) is 3. The monoisotopic (exact) mass is 206 g/mol. The van der Waals surface area contributed by atoms with Crippen molar-refractivity contribution in [2.75, 3.05) is 5.75 Å². The highest BCUT2D eigenvalue weighted by atomic mass is 32.1. The molecule has 13 heavy (non-hydrogen) atoms. The summed E-state index contributed by atoms with van der Waals surface area (Å²) in [6.45, 7) is 6.92. The summed E-state index contributed by atoms with van der Waals surface area (Å²) in [5.74, 6) is 0.0769. The van der Waals surface area contributed by atoms with Crippen molar-refractivity contribution < 1.29 is 9.63 Å². The van der Waals surface area contributed by atoms with Crippen LogP contribution in [0.15, 0.2) is 0 Å². The summed E-state index contributed by atoms with van der Waals surface area (Å²) in [6.07, 6.45) is 0. The van der Waals surface area contributed by atoms with Crippen LogP contribution in [0.3, 0.4) is 0 Å². The van der Waals surface area contributed by atoms with Crippen LogP contribution >= 0.6 is 12.6 Å². The van der Waals surface area contributed by atoms with Crippen molar-refractivity contribution in [1.82, 2.24) is 5.48 Å². The molecule has 0 aliphatic rings. The highest BCUT2D eigenvalue weighted by Crippen LogP contribution is 2.05. The third-order valence-electron chi connectivity index (χ3n) is 1.34. The van der Waals surface area contributed by atoms with Gasteiger partial charge in [0.1, 0.15) is 5.54 Å². The van der Waals surface area contributed by atoms with Crippen molar-refractivity contribution in [3.8, 4) is 0 Å². The Balaban J connectivity index is 3.98. The van der Waals surface area contributed by atoms with E-state index in [0.717, 1.165) is 0 Å². The predicted octanol–water partition coefficient (Wildman–Crippen LogP) is 0.480. The van der Waals surface area contributed by atoms with Crippen molar-refractivity contribution in [3.63, 3.8) is 0 Å². The first kappa shape index (κ1) is 12.7. The Morgan fingerprint density at radius 1 is 1.46 bits per heavy atom. The van der Waals surface area contributed by atoms with Crippen molar-refractivity contribution in [3.05, 3.63) is 0 Å². The molecular formula is C8H18N2O2S. The first-order valence-corrected chi connectivity index (χ1v) is 4.70. The fourth-order valence-corrected chi connectivity index (χ4v) is 0.413. The summed E-state index contributed by atoms with van der Waals surface area (Å²) in [5, 5.41) is 0. The van der Waals surface area contributed by atoms with Gasteiger partial charge in [0.05, 0.1) is 5.54 Å². The summed E-state index contributed by atoms with van der Waals surface area (Å²) < 4.78 is 0. The van der Waals surface area contributed by atoms with Gasteiger partial charge in [0.25, 0.3) is 0 Å². The molecule has 0 fully saturated rings. The van der Waals surface area contributed by atoms with E-state index in [4.69, 9.17) is 10.6 Å². The van der Waals surface area contributed by atoms with Gasteiger partial charge >= 0.3 is 5.97 Å². The minimum Gasteiger partial charge on any atom is -0.368 e. The molecule has 0 aliphatic carbocycles. The van der Waals surface area contributed by atoms with Crippen LogP contribution in [0.2, 0.25) is 0 Å². The Labute approximate surface area is 84.6 Å². The number of nitrogens with one attached hydrogen (secondary N) is 1. The van der Waals surface area contributed by atoms with Gasteiger partial charge in [0, 0.05) is 5.75 Å². The second-order valence-corrected chi connectivity index (χ2v) is 4.57. The maximum absolute atomic E-state index is 11.2. The number of carbonyl (C=O) groups excluding carboxylic acids is 1. The van der Waals surface area contributed by atoms with E-state index in [2.05, 4.69) is 18.1 Å². The first-order valence-electron chi connectivity index (χ1n) is 4.07. The lowest BCUT2D eigenvalue weighted by Gasteiger charge is -2.25. The Morgan fingerprint density at radius 3 is 2.23 bits per heavy atom. The van der Waals surface area contributed by atoms with Gasteiger partial charge < -0.3 is 10.6 Å². The lowest BCUT2D eigenvalue weighted by atomic mass is 10.1. The topological polar surface area (TPSA) is 64.3 Å². The van der Waals surface area contributed by atoms with Gasteiger partial charge in [0.2, 0.25) is 0 Å². The van der Waals surface area contributed by atoms with E-state index in [1.165, 1.54) is 0 Å². The summed E-state index contributed by atoms with van der Waals surface area (Å²) in [6, 6.07) is 0. The molecule has 0 unspecified atom stereocenters. The molecule has 4 nitrogen and oxygen atoms in total. The summed E-state index contributed by atoms with van der Waals surface area (Å²) in [7, 11) is 0. The maximum atomic E-state index is 11.2. The predicted molar refractivity (Wildman–Crippen MR) is 55.4 cm³/mol. The number of nitrogens with two attached hydrogens (primary N) is 1. The lowest BCUT2D eigenvalue weighted by molar-refractivity contribution is -0.160. The quantitative estimate of drug-likeness (QED) is 0.462. The van der Waals surface area contributed by atoms with Crippen LogP contribution in [-0.2, 0) is 9.63 Å². The molecule has 0 aromatic rings. The standard InChI is InChI=1S/C8H18N2O2S/c1-7(2,5-13)10-12-6(11)8(3,4)9/h10,13H,5,9H2,1-4H3. The molecule has 0 heterocycles. The maximum Gasteiger partial charge on any atom is 0.344 e. The summed E-state index contributed by atoms with van der Waals surface area (Å²) in [4.78, 5) is 16.0. The molecule has 3 N–H and O–H groups in total. The largest absolute Gasteiger partial charge is 0.368 e. The number of hydrogen-bond acceptors (Lipinski definition) is 5. The third kappa shape index (κ3) is 5.13. The van der Waals surface area contributed by atoms with E-state index < -0.39 is 11.5 Å². The van der Waals surface area contributed by atoms with Gasteiger partial charge in [-0.1, -0.05) is 0 Å². The molecule has 0 amide bonds. The zero-order chi connectivity index (χ0) is 10.7.